The van der Waals surface area contributed by atoms with Crippen molar-refractivity contribution in [1.82, 2.24) is 10.6 Å². The lowest BCUT2D eigenvalue weighted by atomic mass is 9.91. The number of rotatable bonds is 8. The summed E-state index contributed by atoms with van der Waals surface area (Å²) in [7, 11) is -3.73. The van der Waals surface area contributed by atoms with Crippen molar-refractivity contribution in [3.63, 3.8) is 0 Å². The van der Waals surface area contributed by atoms with Gasteiger partial charge < -0.3 is 15.1 Å². The minimum atomic E-state index is -3.73. The number of carbonyl (C=O) groups excluding carboxylic acids is 2. The molecule has 2 amide bonds. The Bertz CT molecular complexity index is 888. The number of amides is 2. The van der Waals surface area contributed by atoms with Crippen molar-refractivity contribution in [2.45, 2.75) is 31.7 Å². The molecule has 0 fully saturated rings. The first kappa shape index (κ1) is 20.7. The van der Waals surface area contributed by atoms with Gasteiger partial charge in [-0.05, 0) is 50.1 Å². The highest BCUT2D eigenvalue weighted by atomic mass is 32.2. The number of nitrogens with two attached hydrogens (primary N) is 1. The molecule has 2 rings (SSSR count). The summed E-state index contributed by atoms with van der Waals surface area (Å²) in [5.41, 5.74) is -0.410. The van der Waals surface area contributed by atoms with Crippen molar-refractivity contribution in [1.29, 1.82) is 0 Å². The minimum Gasteiger partial charge on any atom is -0.467 e. The smallest absolute Gasteiger partial charge is 0.238 e. The number of hydrogen-bond acceptors (Lipinski definition) is 5. The van der Waals surface area contributed by atoms with Crippen molar-refractivity contribution in [3.8, 4) is 0 Å². The van der Waals surface area contributed by atoms with Gasteiger partial charge in [-0.25, -0.2) is 13.6 Å². The third-order valence-corrected chi connectivity index (χ3v) is 5.02. The molecular formula is C18H23N3O5S. The van der Waals surface area contributed by atoms with Crippen molar-refractivity contribution < 1.29 is 22.4 Å². The Kier molecular flexibility index (Phi) is 6.40. The van der Waals surface area contributed by atoms with Crippen LogP contribution in [-0.2, 0) is 32.6 Å². The molecule has 8 nitrogen and oxygen atoms in total. The summed E-state index contributed by atoms with van der Waals surface area (Å²) in [6, 6.07) is 9.54. The van der Waals surface area contributed by atoms with Crippen LogP contribution >= 0.6 is 0 Å². The molecule has 0 aliphatic heterocycles. The van der Waals surface area contributed by atoms with E-state index >= 15 is 0 Å². The number of furan rings is 1. The average Bonchev–Trinajstić information content (AvgIpc) is 3.12. The molecule has 0 bridgehead atoms. The fraction of sp³-hybridized carbons (Fsp3) is 0.333. The number of nitrogens with one attached hydrogen (secondary N) is 2. The third-order valence-electron chi connectivity index (χ3n) is 4.09. The first-order valence-electron chi connectivity index (χ1n) is 8.31. The third kappa shape index (κ3) is 5.66. The highest BCUT2D eigenvalue weighted by molar-refractivity contribution is 7.89. The number of benzene rings is 1. The van der Waals surface area contributed by atoms with E-state index < -0.39 is 27.3 Å². The lowest BCUT2D eigenvalue weighted by molar-refractivity contribution is -0.141. The molecule has 9 heteroatoms. The standard InChI is InChI=1S/C18H23N3O5S/c1-18(2,17(23)21-12-14-4-3-11-26-14)16(22)20-10-9-13-5-7-15(8-6-13)27(19,24)25/h3-8,11H,9-10,12H2,1-2H3,(H,20,22)(H,21,23)(H2,19,24,25). The fourth-order valence-corrected chi connectivity index (χ4v) is 2.81. The monoisotopic (exact) mass is 393 g/mol. The highest BCUT2D eigenvalue weighted by Crippen LogP contribution is 2.16. The van der Waals surface area contributed by atoms with E-state index in [1.165, 1.54) is 18.4 Å². The molecule has 0 atom stereocenters. The van der Waals surface area contributed by atoms with Gasteiger partial charge in [-0.2, -0.15) is 0 Å². The molecular weight excluding hydrogens is 370 g/mol. The van der Waals surface area contributed by atoms with E-state index in [9.17, 15) is 18.0 Å². The SMILES string of the molecule is CC(C)(C(=O)NCCc1ccc(S(N)(=O)=O)cc1)C(=O)NCc1ccco1. The predicted octanol–water partition coefficient (Wildman–Crippen LogP) is 0.928. The Morgan fingerprint density at radius 2 is 1.70 bits per heavy atom. The number of sulfonamides is 1. The Morgan fingerprint density at radius 1 is 1.07 bits per heavy atom. The van der Waals surface area contributed by atoms with Gasteiger partial charge in [-0.3, -0.25) is 9.59 Å². The summed E-state index contributed by atoms with van der Waals surface area (Å²) in [6.07, 6.45) is 2.00. The van der Waals surface area contributed by atoms with Gasteiger partial charge >= 0.3 is 0 Å². The summed E-state index contributed by atoms with van der Waals surface area (Å²) in [4.78, 5) is 24.7. The van der Waals surface area contributed by atoms with Crippen LogP contribution in [0.15, 0.2) is 52.0 Å². The molecule has 1 aromatic carbocycles. The molecule has 0 spiro atoms. The van der Waals surface area contributed by atoms with Crippen LogP contribution < -0.4 is 15.8 Å². The van der Waals surface area contributed by atoms with E-state index in [0.717, 1.165) is 5.56 Å². The van der Waals surface area contributed by atoms with Crippen LogP contribution in [0.25, 0.3) is 0 Å². The summed E-state index contributed by atoms with van der Waals surface area (Å²) < 4.78 is 27.6. The van der Waals surface area contributed by atoms with Crippen LogP contribution in [0.4, 0.5) is 0 Å². The Morgan fingerprint density at radius 3 is 2.26 bits per heavy atom. The Balaban J connectivity index is 1.83. The molecule has 0 aliphatic rings. The molecule has 27 heavy (non-hydrogen) atoms. The molecule has 0 saturated carbocycles. The number of primary sulfonamides is 1. The van der Waals surface area contributed by atoms with Crippen molar-refractivity contribution in [2.75, 3.05) is 6.54 Å². The lowest BCUT2D eigenvalue weighted by Crippen LogP contribution is -2.48. The predicted molar refractivity (Wildman–Crippen MR) is 98.9 cm³/mol. The van der Waals surface area contributed by atoms with Gasteiger partial charge in [0, 0.05) is 6.54 Å². The molecule has 0 unspecified atom stereocenters. The Hall–Kier alpha value is -2.65. The molecule has 0 saturated heterocycles. The molecule has 0 aliphatic carbocycles. The maximum atomic E-state index is 12.4. The second-order valence-corrected chi connectivity index (χ2v) is 8.14. The highest BCUT2D eigenvalue weighted by Gasteiger charge is 2.35. The zero-order valence-corrected chi connectivity index (χ0v) is 16.0. The summed E-state index contributed by atoms with van der Waals surface area (Å²) in [5, 5.41) is 10.4. The number of hydrogen-bond donors (Lipinski definition) is 3. The maximum Gasteiger partial charge on any atom is 0.238 e. The molecule has 146 valence electrons. The van der Waals surface area contributed by atoms with Crippen LogP contribution in [0.3, 0.4) is 0 Å². The van der Waals surface area contributed by atoms with Gasteiger partial charge in [0.25, 0.3) is 0 Å². The van der Waals surface area contributed by atoms with Crippen LogP contribution in [0.2, 0.25) is 0 Å². The Labute approximate surface area is 158 Å². The minimum absolute atomic E-state index is 0.0321. The normalized spacial score (nSPS) is 11.8. The van der Waals surface area contributed by atoms with Crippen molar-refractivity contribution >= 4 is 21.8 Å². The van der Waals surface area contributed by atoms with Gasteiger partial charge in [0.15, 0.2) is 0 Å². The van der Waals surface area contributed by atoms with Crippen LogP contribution in [0.1, 0.15) is 25.2 Å². The number of carbonyl (C=O) groups is 2. The van der Waals surface area contributed by atoms with Gasteiger partial charge in [-0.15, -0.1) is 0 Å². The molecule has 2 aromatic rings. The quantitative estimate of drug-likeness (QED) is 0.574. The van der Waals surface area contributed by atoms with Crippen molar-refractivity contribution in [2.24, 2.45) is 10.6 Å². The molecule has 1 aromatic heterocycles. The van der Waals surface area contributed by atoms with Gasteiger partial charge in [-0.1, -0.05) is 12.1 Å². The first-order valence-corrected chi connectivity index (χ1v) is 9.86. The van der Waals surface area contributed by atoms with Gasteiger partial charge in [0.1, 0.15) is 11.2 Å². The summed E-state index contributed by atoms with van der Waals surface area (Å²) in [5.74, 6) is -0.211. The summed E-state index contributed by atoms with van der Waals surface area (Å²) >= 11 is 0. The molecule has 0 radical (unpaired) electrons. The van der Waals surface area contributed by atoms with E-state index in [4.69, 9.17) is 9.56 Å². The topological polar surface area (TPSA) is 132 Å². The summed E-state index contributed by atoms with van der Waals surface area (Å²) in [6.45, 7) is 3.60. The van der Waals surface area contributed by atoms with Gasteiger partial charge in [0.2, 0.25) is 21.8 Å². The maximum absolute atomic E-state index is 12.4. The van der Waals surface area contributed by atoms with Crippen LogP contribution in [0, 0.1) is 5.41 Å². The zero-order chi connectivity index (χ0) is 20.1. The lowest BCUT2D eigenvalue weighted by Gasteiger charge is -2.22. The van der Waals surface area contributed by atoms with Gasteiger partial charge in [0.05, 0.1) is 17.7 Å². The van der Waals surface area contributed by atoms with Crippen LogP contribution in [0.5, 0.6) is 0 Å². The van der Waals surface area contributed by atoms with E-state index in [1.54, 1.807) is 38.1 Å². The molecule has 1 heterocycles. The van der Waals surface area contributed by atoms with Crippen LogP contribution in [-0.4, -0.2) is 26.8 Å². The van der Waals surface area contributed by atoms with E-state index in [-0.39, 0.29) is 11.4 Å². The first-order chi connectivity index (χ1) is 12.6. The fourth-order valence-electron chi connectivity index (χ4n) is 2.29. The average molecular weight is 393 g/mol. The zero-order valence-electron chi connectivity index (χ0n) is 15.2. The van der Waals surface area contributed by atoms with E-state index in [0.29, 0.717) is 18.7 Å². The largest absolute Gasteiger partial charge is 0.467 e. The molecule has 4 N–H and O–H groups in total. The van der Waals surface area contributed by atoms with E-state index in [1.807, 2.05) is 0 Å². The second kappa shape index (κ2) is 8.36. The van der Waals surface area contributed by atoms with E-state index in [2.05, 4.69) is 10.6 Å². The van der Waals surface area contributed by atoms with Crippen molar-refractivity contribution in [3.05, 3.63) is 54.0 Å². The second-order valence-electron chi connectivity index (χ2n) is 6.58.